The minimum Gasteiger partial charge on any atom is -0.550 e. The van der Waals surface area contributed by atoms with Gasteiger partial charge in [-0.05, 0) is 25.0 Å². The van der Waals surface area contributed by atoms with Crippen LogP contribution in [0.3, 0.4) is 0 Å². The molecule has 2 fully saturated rings. The van der Waals surface area contributed by atoms with Gasteiger partial charge in [-0.2, -0.15) is 0 Å². The van der Waals surface area contributed by atoms with Gasteiger partial charge in [0.15, 0.2) is 0 Å². The van der Waals surface area contributed by atoms with Crippen LogP contribution in [0.25, 0.3) is 0 Å². The van der Waals surface area contributed by atoms with E-state index < -0.39 is 17.8 Å². The van der Waals surface area contributed by atoms with Gasteiger partial charge >= 0.3 is 0 Å². The van der Waals surface area contributed by atoms with E-state index in [0.717, 1.165) is 38.0 Å². The number of hydrogen-bond donors (Lipinski definition) is 1. The summed E-state index contributed by atoms with van der Waals surface area (Å²) in [6.07, 6.45) is 2.95. The minimum atomic E-state index is -1.09. The molecule has 1 aliphatic heterocycles. The molecule has 0 bridgehead atoms. The van der Waals surface area contributed by atoms with Crippen LogP contribution in [0.2, 0.25) is 0 Å². The van der Waals surface area contributed by atoms with Gasteiger partial charge in [-0.15, -0.1) is 0 Å². The van der Waals surface area contributed by atoms with Crippen LogP contribution in [0, 0.1) is 17.7 Å². The van der Waals surface area contributed by atoms with Gasteiger partial charge in [0.2, 0.25) is 5.91 Å². The molecule has 2 atom stereocenters. The highest BCUT2D eigenvalue weighted by Crippen LogP contribution is 2.31. The predicted molar refractivity (Wildman–Crippen MR) is 87.8 cm³/mol. The molecule has 1 heterocycles. The molecule has 1 aromatic rings. The first kappa shape index (κ1) is 17.9. The standard InChI is InChI=1S/C19H25FN2O3/c20-15-5-3-4-14(12-15)13-21-8-10-22(11-9-21)18(23)16-6-1-2-7-17(16)19(24)25/h3-5,12,16-17H,1-2,6-11,13H2,(H,24,25)/t16-,17+/m0/s1. The molecule has 0 radical (unpaired) electrons. The van der Waals surface area contributed by atoms with E-state index in [1.165, 1.54) is 11.0 Å². The SMILES string of the molecule is O=C([O-])[C@@H]1CCCC[C@@H]1C(=O)N1CC[NH+](Cc2cccc(F)c2)CC1. The molecule has 1 aliphatic carbocycles. The molecule has 1 saturated carbocycles. The van der Waals surface area contributed by atoms with Crippen molar-refractivity contribution in [2.45, 2.75) is 32.2 Å². The van der Waals surface area contributed by atoms with E-state index in [0.29, 0.717) is 25.9 Å². The maximum absolute atomic E-state index is 13.3. The molecule has 1 aromatic carbocycles. The fourth-order valence-corrected chi connectivity index (χ4v) is 4.10. The average molecular weight is 348 g/mol. The first-order chi connectivity index (χ1) is 12.0. The van der Waals surface area contributed by atoms with E-state index in [1.807, 2.05) is 6.07 Å². The maximum atomic E-state index is 13.3. The van der Waals surface area contributed by atoms with Crippen molar-refractivity contribution >= 4 is 11.9 Å². The number of benzene rings is 1. The van der Waals surface area contributed by atoms with Crippen LogP contribution in [-0.4, -0.2) is 43.0 Å². The van der Waals surface area contributed by atoms with Crippen molar-refractivity contribution < 1.29 is 24.0 Å². The number of carbonyl (C=O) groups excluding carboxylic acids is 2. The van der Waals surface area contributed by atoms with Crippen LogP contribution in [0.1, 0.15) is 31.2 Å². The van der Waals surface area contributed by atoms with E-state index >= 15 is 0 Å². The first-order valence-corrected chi connectivity index (χ1v) is 9.12. The molecule has 5 nitrogen and oxygen atoms in total. The lowest BCUT2D eigenvalue weighted by molar-refractivity contribution is -0.917. The van der Waals surface area contributed by atoms with Crippen molar-refractivity contribution in [2.75, 3.05) is 26.2 Å². The Kier molecular flexibility index (Phi) is 5.68. The van der Waals surface area contributed by atoms with Crippen molar-refractivity contribution in [3.05, 3.63) is 35.6 Å². The molecule has 1 saturated heterocycles. The number of nitrogens with zero attached hydrogens (tertiary/aromatic N) is 1. The van der Waals surface area contributed by atoms with Crippen LogP contribution in [0.4, 0.5) is 4.39 Å². The fraction of sp³-hybridized carbons (Fsp3) is 0.579. The van der Waals surface area contributed by atoms with Gasteiger partial charge in [0.05, 0.1) is 26.2 Å². The molecule has 25 heavy (non-hydrogen) atoms. The van der Waals surface area contributed by atoms with Crippen LogP contribution in [0.5, 0.6) is 0 Å². The smallest absolute Gasteiger partial charge is 0.226 e. The monoisotopic (exact) mass is 348 g/mol. The Balaban J connectivity index is 1.54. The summed E-state index contributed by atoms with van der Waals surface area (Å²) in [4.78, 5) is 27.2. The summed E-state index contributed by atoms with van der Waals surface area (Å²) in [7, 11) is 0. The number of carbonyl (C=O) groups is 2. The first-order valence-electron chi connectivity index (χ1n) is 9.12. The largest absolute Gasteiger partial charge is 0.550 e. The predicted octanol–water partition coefficient (Wildman–Crippen LogP) is -0.391. The van der Waals surface area contributed by atoms with Gasteiger partial charge in [0.25, 0.3) is 0 Å². The number of quaternary nitrogens is 1. The molecule has 2 aliphatic rings. The number of hydrogen-bond acceptors (Lipinski definition) is 3. The molecule has 0 aromatic heterocycles. The van der Waals surface area contributed by atoms with Crippen molar-refractivity contribution in [3.8, 4) is 0 Å². The van der Waals surface area contributed by atoms with Crippen molar-refractivity contribution in [3.63, 3.8) is 0 Å². The highest BCUT2D eigenvalue weighted by Gasteiger charge is 2.36. The topological polar surface area (TPSA) is 64.9 Å². The molecule has 1 N–H and O–H groups in total. The highest BCUT2D eigenvalue weighted by atomic mass is 19.1. The van der Waals surface area contributed by atoms with Gasteiger partial charge in [-0.25, -0.2) is 4.39 Å². The van der Waals surface area contributed by atoms with E-state index in [2.05, 4.69) is 0 Å². The van der Waals surface area contributed by atoms with Crippen molar-refractivity contribution in [1.82, 2.24) is 4.90 Å². The third-order valence-corrected chi connectivity index (χ3v) is 5.51. The Labute approximate surface area is 147 Å². The Hall–Kier alpha value is -1.95. The highest BCUT2D eigenvalue weighted by molar-refractivity contribution is 5.84. The second-order valence-electron chi connectivity index (χ2n) is 7.20. The van der Waals surface area contributed by atoms with Gasteiger partial charge in [-0.1, -0.05) is 25.0 Å². The fourth-order valence-electron chi connectivity index (χ4n) is 4.10. The lowest BCUT2D eigenvalue weighted by atomic mass is 9.78. The molecular weight excluding hydrogens is 323 g/mol. The molecular formula is C19H25FN2O3. The number of amides is 1. The third-order valence-electron chi connectivity index (χ3n) is 5.51. The van der Waals surface area contributed by atoms with Gasteiger partial charge in [-0.3, -0.25) is 4.79 Å². The Morgan fingerprint density at radius 2 is 1.84 bits per heavy atom. The van der Waals surface area contributed by atoms with E-state index in [4.69, 9.17) is 0 Å². The number of nitrogens with one attached hydrogen (secondary N) is 1. The number of piperazine rings is 1. The maximum Gasteiger partial charge on any atom is 0.226 e. The quantitative estimate of drug-likeness (QED) is 0.806. The molecule has 136 valence electrons. The Morgan fingerprint density at radius 3 is 2.48 bits per heavy atom. The molecule has 0 spiro atoms. The van der Waals surface area contributed by atoms with Gasteiger partial charge < -0.3 is 19.7 Å². The molecule has 1 amide bonds. The third kappa shape index (κ3) is 4.37. The minimum absolute atomic E-state index is 0.0290. The van der Waals surface area contributed by atoms with Crippen molar-refractivity contribution in [2.24, 2.45) is 11.8 Å². The van der Waals surface area contributed by atoms with Gasteiger partial charge in [0.1, 0.15) is 12.4 Å². The Morgan fingerprint density at radius 1 is 1.16 bits per heavy atom. The zero-order valence-corrected chi connectivity index (χ0v) is 14.4. The number of halogens is 1. The van der Waals surface area contributed by atoms with Crippen LogP contribution in [0.15, 0.2) is 24.3 Å². The van der Waals surface area contributed by atoms with Gasteiger partial charge in [0, 0.05) is 23.4 Å². The van der Waals surface area contributed by atoms with E-state index in [9.17, 15) is 19.1 Å². The van der Waals surface area contributed by atoms with Crippen molar-refractivity contribution in [1.29, 1.82) is 0 Å². The second kappa shape index (κ2) is 7.95. The summed E-state index contributed by atoms with van der Waals surface area (Å²) in [6.45, 7) is 3.58. The zero-order valence-electron chi connectivity index (χ0n) is 14.4. The Bertz CT molecular complexity index is 629. The van der Waals surface area contributed by atoms with Crippen LogP contribution < -0.4 is 10.0 Å². The van der Waals surface area contributed by atoms with E-state index in [-0.39, 0.29) is 11.7 Å². The number of carboxylic acid groups (broad SMARTS) is 1. The van der Waals surface area contributed by atoms with Crippen LogP contribution >= 0.6 is 0 Å². The lowest BCUT2D eigenvalue weighted by Crippen LogP contribution is -3.13. The van der Waals surface area contributed by atoms with Crippen LogP contribution in [-0.2, 0) is 16.1 Å². The molecule has 0 unspecified atom stereocenters. The summed E-state index contributed by atoms with van der Waals surface area (Å²) in [6, 6.07) is 6.62. The van der Waals surface area contributed by atoms with E-state index in [1.54, 1.807) is 17.0 Å². The summed E-state index contributed by atoms with van der Waals surface area (Å²) in [5, 5.41) is 11.3. The zero-order chi connectivity index (χ0) is 17.8. The lowest BCUT2D eigenvalue weighted by Gasteiger charge is -2.38. The summed E-state index contributed by atoms with van der Waals surface area (Å²) in [5.41, 5.74) is 0.957. The summed E-state index contributed by atoms with van der Waals surface area (Å²) >= 11 is 0. The number of carboxylic acids is 1. The molecule has 3 rings (SSSR count). The average Bonchev–Trinajstić information content (AvgIpc) is 2.62. The number of aliphatic carboxylic acids is 1. The normalized spacial score (nSPS) is 24.9. The number of rotatable bonds is 4. The molecule has 6 heteroatoms. The summed E-state index contributed by atoms with van der Waals surface area (Å²) in [5.74, 6) is -2.41. The summed E-state index contributed by atoms with van der Waals surface area (Å²) < 4.78 is 13.3. The second-order valence-corrected chi connectivity index (χ2v) is 7.20.